The number of ether oxygens (including phenoxy) is 1. The van der Waals surface area contributed by atoms with Crippen LogP contribution in [0.4, 0.5) is 0 Å². The van der Waals surface area contributed by atoms with Crippen molar-refractivity contribution in [2.45, 2.75) is 6.92 Å². The zero-order chi connectivity index (χ0) is 8.91. The van der Waals surface area contributed by atoms with Gasteiger partial charge < -0.3 is 4.74 Å². The minimum absolute atomic E-state index is 0.130. The maximum Gasteiger partial charge on any atom is 0.274 e. The quantitative estimate of drug-likeness (QED) is 0.558. The van der Waals surface area contributed by atoms with Crippen molar-refractivity contribution in [3.63, 3.8) is 0 Å². The minimum atomic E-state index is -3.94. The lowest BCUT2D eigenvalue weighted by molar-refractivity contribution is 0.346. The van der Waals surface area contributed by atoms with Crippen LogP contribution in [0.15, 0.2) is 0 Å². The first kappa shape index (κ1) is 11.2. The van der Waals surface area contributed by atoms with Crippen molar-refractivity contribution in [3.05, 3.63) is 0 Å². The smallest absolute Gasteiger partial charge is 0.274 e. The Balaban J connectivity index is 3.64. The fourth-order valence-electron chi connectivity index (χ4n) is 0.282. The van der Waals surface area contributed by atoms with E-state index in [2.05, 4.69) is 12.2 Å². The third-order valence-electron chi connectivity index (χ3n) is 0.588. The fourth-order valence-corrected chi connectivity index (χ4v) is 2.01. The molecule has 0 atom stereocenters. The molecule has 66 valence electrons. The van der Waals surface area contributed by atoms with E-state index in [1.807, 2.05) is 0 Å². The zero-order valence-corrected chi connectivity index (χ0v) is 8.26. The molecule has 0 aliphatic rings. The van der Waals surface area contributed by atoms with Gasteiger partial charge in [-0.2, -0.15) is 8.42 Å². The summed E-state index contributed by atoms with van der Waals surface area (Å²) in [5.74, 6) is 0. The third kappa shape index (κ3) is 8.05. The Hall–Kier alpha value is 0.150. The lowest BCUT2D eigenvalue weighted by Crippen LogP contribution is -2.04. The van der Waals surface area contributed by atoms with Crippen molar-refractivity contribution in [2.75, 3.05) is 11.7 Å². The van der Waals surface area contributed by atoms with Crippen molar-refractivity contribution < 1.29 is 17.7 Å². The van der Waals surface area contributed by atoms with Crippen LogP contribution in [-0.2, 0) is 14.9 Å². The molecule has 0 radical (unpaired) electrons. The lowest BCUT2D eigenvalue weighted by atomic mass is 10.9. The molecule has 0 saturated heterocycles. The van der Waals surface area contributed by atoms with Gasteiger partial charge >= 0.3 is 0 Å². The van der Waals surface area contributed by atoms with E-state index in [0.29, 0.717) is 6.61 Å². The van der Waals surface area contributed by atoms with Crippen LogP contribution in [0.2, 0.25) is 0 Å². The molecule has 0 aromatic carbocycles. The number of rotatable bonds is 3. The van der Waals surface area contributed by atoms with Gasteiger partial charge in [-0.05, 0) is 19.1 Å². The van der Waals surface area contributed by atoms with Gasteiger partial charge in [0.15, 0.2) is 0 Å². The molecule has 0 spiro atoms. The van der Waals surface area contributed by atoms with Gasteiger partial charge in [-0.15, -0.1) is 0 Å². The van der Waals surface area contributed by atoms with Gasteiger partial charge in [0.2, 0.25) is 4.38 Å². The van der Waals surface area contributed by atoms with E-state index in [-0.39, 0.29) is 4.38 Å². The fraction of sp³-hybridized carbons (Fsp3) is 0.750. The summed E-state index contributed by atoms with van der Waals surface area (Å²) in [7, 11) is -3.94. The number of thioether (sulfide) groups is 1. The third-order valence-corrected chi connectivity index (χ3v) is 3.08. The Bertz CT molecular complexity index is 219. The van der Waals surface area contributed by atoms with Crippen molar-refractivity contribution in [1.29, 1.82) is 0 Å². The molecule has 0 saturated carbocycles. The van der Waals surface area contributed by atoms with Gasteiger partial charge in [-0.25, -0.2) is 0 Å². The highest BCUT2D eigenvalue weighted by Crippen LogP contribution is 2.07. The van der Waals surface area contributed by atoms with E-state index in [4.69, 9.17) is 9.29 Å². The van der Waals surface area contributed by atoms with Crippen LogP contribution in [0.3, 0.4) is 0 Å². The van der Waals surface area contributed by atoms with Crippen LogP contribution in [0, 0.1) is 0 Å². The maximum absolute atomic E-state index is 10.2. The molecular formula is C4H8O4S3. The SMILES string of the molecule is CCOC(=S)SCS(=O)(=O)O. The summed E-state index contributed by atoms with van der Waals surface area (Å²) in [6, 6.07) is 0. The molecule has 0 amide bonds. The second-order valence-corrected chi connectivity index (χ2v) is 4.92. The molecule has 0 fully saturated rings. The van der Waals surface area contributed by atoms with Gasteiger partial charge in [-0.1, -0.05) is 11.8 Å². The second kappa shape index (κ2) is 4.91. The standard InChI is InChI=1S/C4H8O4S3/c1-2-8-4(9)10-3-11(5,6)7/h2-3H2,1H3,(H,5,6,7). The first-order valence-corrected chi connectivity index (χ1v) is 5.70. The molecular weight excluding hydrogens is 208 g/mol. The largest absolute Gasteiger partial charge is 0.479 e. The molecule has 0 aliphatic carbocycles. The van der Waals surface area contributed by atoms with E-state index in [1.165, 1.54) is 0 Å². The molecule has 0 unspecified atom stereocenters. The first-order chi connectivity index (χ1) is 4.95. The van der Waals surface area contributed by atoms with Crippen LogP contribution in [-0.4, -0.2) is 29.0 Å². The number of hydrogen-bond donors (Lipinski definition) is 1. The second-order valence-electron chi connectivity index (χ2n) is 1.53. The van der Waals surface area contributed by atoms with Crippen molar-refractivity contribution in [3.8, 4) is 0 Å². The Morgan fingerprint density at radius 1 is 1.73 bits per heavy atom. The highest BCUT2D eigenvalue weighted by molar-refractivity contribution is 8.27. The summed E-state index contributed by atoms with van der Waals surface area (Å²) < 4.78 is 33.5. The average Bonchev–Trinajstić information content (AvgIpc) is 1.83. The Labute approximate surface area is 75.1 Å². The first-order valence-electron chi connectivity index (χ1n) is 2.70. The predicted molar refractivity (Wildman–Crippen MR) is 48.2 cm³/mol. The van der Waals surface area contributed by atoms with Crippen LogP contribution in [0.1, 0.15) is 6.92 Å². The molecule has 1 N–H and O–H groups in total. The molecule has 11 heavy (non-hydrogen) atoms. The van der Waals surface area contributed by atoms with Gasteiger partial charge in [0.1, 0.15) is 5.08 Å². The summed E-state index contributed by atoms with van der Waals surface area (Å²) in [6.45, 7) is 2.14. The molecule has 0 bridgehead atoms. The summed E-state index contributed by atoms with van der Waals surface area (Å²) in [4.78, 5) is 0. The van der Waals surface area contributed by atoms with E-state index in [9.17, 15) is 8.42 Å². The van der Waals surface area contributed by atoms with E-state index in [1.54, 1.807) is 6.92 Å². The lowest BCUT2D eigenvalue weighted by Gasteiger charge is -2.01. The van der Waals surface area contributed by atoms with Crippen molar-refractivity contribution in [2.24, 2.45) is 0 Å². The molecule has 0 rings (SSSR count). The minimum Gasteiger partial charge on any atom is -0.479 e. The molecule has 0 aliphatic heterocycles. The van der Waals surface area contributed by atoms with Gasteiger partial charge in [0.05, 0.1) is 6.61 Å². The Morgan fingerprint density at radius 3 is 2.64 bits per heavy atom. The zero-order valence-electron chi connectivity index (χ0n) is 5.81. The molecule has 0 heterocycles. The average molecular weight is 216 g/mol. The number of thiocarbonyl (C=S) groups is 1. The van der Waals surface area contributed by atoms with Crippen LogP contribution < -0.4 is 0 Å². The van der Waals surface area contributed by atoms with Gasteiger partial charge in [0, 0.05) is 0 Å². The summed E-state index contributed by atoms with van der Waals surface area (Å²) in [6.07, 6.45) is 0. The molecule has 4 nitrogen and oxygen atoms in total. The maximum atomic E-state index is 10.2. The van der Waals surface area contributed by atoms with Crippen molar-refractivity contribution in [1.82, 2.24) is 0 Å². The summed E-state index contributed by atoms with van der Waals surface area (Å²) >= 11 is 5.37. The Kier molecular flexibility index (Phi) is 4.98. The molecule has 0 aromatic heterocycles. The predicted octanol–water partition coefficient (Wildman–Crippen LogP) is 0.886. The topological polar surface area (TPSA) is 63.6 Å². The highest BCUT2D eigenvalue weighted by Gasteiger charge is 2.07. The normalized spacial score (nSPS) is 11.1. The molecule has 7 heteroatoms. The van der Waals surface area contributed by atoms with Crippen LogP contribution >= 0.6 is 24.0 Å². The van der Waals surface area contributed by atoms with Crippen molar-refractivity contribution >= 4 is 38.5 Å². The summed E-state index contributed by atoms with van der Waals surface area (Å²) in [5, 5.41) is -0.453. The highest BCUT2D eigenvalue weighted by atomic mass is 32.3. The van der Waals surface area contributed by atoms with Crippen LogP contribution in [0.25, 0.3) is 0 Å². The van der Waals surface area contributed by atoms with Gasteiger partial charge in [0.25, 0.3) is 10.1 Å². The Morgan fingerprint density at radius 2 is 2.27 bits per heavy atom. The van der Waals surface area contributed by atoms with E-state index >= 15 is 0 Å². The number of hydrogen-bond acceptors (Lipinski definition) is 5. The molecule has 0 aromatic rings. The summed E-state index contributed by atoms with van der Waals surface area (Å²) in [5.41, 5.74) is 0. The monoisotopic (exact) mass is 216 g/mol. The van der Waals surface area contributed by atoms with E-state index in [0.717, 1.165) is 11.8 Å². The van der Waals surface area contributed by atoms with Gasteiger partial charge in [-0.3, -0.25) is 4.55 Å². The van der Waals surface area contributed by atoms with E-state index < -0.39 is 15.2 Å². The van der Waals surface area contributed by atoms with Crippen LogP contribution in [0.5, 0.6) is 0 Å².